The molecule has 6 nitrogen and oxygen atoms in total. The molecule has 0 saturated heterocycles. The molecule has 4 rings (SSSR count). The topological polar surface area (TPSA) is 86.7 Å². The summed E-state index contributed by atoms with van der Waals surface area (Å²) in [5.74, 6) is -0.934. The van der Waals surface area contributed by atoms with Gasteiger partial charge in [0, 0.05) is 34.5 Å². The Morgan fingerprint density at radius 2 is 1.78 bits per heavy atom. The molecule has 1 fully saturated rings. The maximum atomic E-state index is 13.6. The summed E-state index contributed by atoms with van der Waals surface area (Å²) in [4.78, 5) is 40.7. The van der Waals surface area contributed by atoms with Crippen LogP contribution in [0, 0.1) is 11.8 Å². The van der Waals surface area contributed by atoms with Crippen molar-refractivity contribution in [3.8, 4) is 10.4 Å². The predicted octanol–water partition coefficient (Wildman–Crippen LogP) is 6.84. The Morgan fingerprint density at radius 1 is 1.11 bits per heavy atom. The zero-order valence-corrected chi connectivity index (χ0v) is 22.2. The zero-order valence-electron chi connectivity index (χ0n) is 21.4. The van der Waals surface area contributed by atoms with Crippen molar-refractivity contribution in [1.82, 2.24) is 0 Å². The molecule has 0 radical (unpaired) electrons. The van der Waals surface area contributed by atoms with Crippen LogP contribution in [0.2, 0.25) is 0 Å². The van der Waals surface area contributed by atoms with E-state index >= 15 is 0 Å². The first-order chi connectivity index (χ1) is 17.6. The van der Waals surface area contributed by atoms with Crippen LogP contribution >= 0.6 is 11.3 Å². The van der Waals surface area contributed by atoms with Crippen molar-refractivity contribution in [3.05, 3.63) is 59.0 Å². The lowest BCUT2D eigenvalue weighted by Gasteiger charge is -2.33. The Morgan fingerprint density at radius 3 is 2.38 bits per heavy atom. The molecule has 2 aliphatic carbocycles. The van der Waals surface area contributed by atoms with Crippen LogP contribution in [0.4, 0.5) is 15.8 Å². The molecule has 1 atom stereocenters. The fraction of sp³-hybridized carbons (Fsp3) is 0.414. The van der Waals surface area contributed by atoms with Gasteiger partial charge in [-0.2, -0.15) is 0 Å². The van der Waals surface area contributed by atoms with Crippen LogP contribution in [0.25, 0.3) is 10.4 Å². The standard InChI is InChI=1S/C29H33FN2O4S/c1-17(2)32(28(34)20-9-7-18(3)8-10-20)24-16-25(37-26(24)29(35)36)19-11-13-23(14-12-19)31-27(33)21-5-4-6-22(30)15-21/h4-5,11-18,20,22H,6-10H2,1-3H3,(H,31,33)(H,35,36). The second-order valence-electron chi connectivity index (χ2n) is 10.2. The highest BCUT2D eigenvalue weighted by Crippen LogP contribution is 2.40. The number of carbonyl (C=O) groups is 3. The van der Waals surface area contributed by atoms with Crippen molar-refractivity contribution < 1.29 is 23.9 Å². The summed E-state index contributed by atoms with van der Waals surface area (Å²) in [6.45, 7) is 6.02. The number of carbonyl (C=O) groups excluding carboxylic acids is 2. The second kappa shape index (κ2) is 11.4. The Balaban J connectivity index is 1.56. The van der Waals surface area contributed by atoms with Gasteiger partial charge in [-0.05, 0) is 75.3 Å². The minimum Gasteiger partial charge on any atom is -0.477 e. The summed E-state index contributed by atoms with van der Waals surface area (Å²) in [6, 6.07) is 8.64. The molecule has 1 unspecified atom stereocenters. The highest BCUT2D eigenvalue weighted by molar-refractivity contribution is 7.18. The van der Waals surface area contributed by atoms with Crippen LogP contribution in [0.15, 0.2) is 54.1 Å². The van der Waals surface area contributed by atoms with E-state index in [1.807, 2.05) is 13.8 Å². The summed E-state index contributed by atoms with van der Waals surface area (Å²) in [6.07, 6.45) is 7.33. The summed E-state index contributed by atoms with van der Waals surface area (Å²) in [5, 5.41) is 12.7. The summed E-state index contributed by atoms with van der Waals surface area (Å²) in [5.41, 5.74) is 2.03. The summed E-state index contributed by atoms with van der Waals surface area (Å²) in [7, 11) is 0. The van der Waals surface area contributed by atoms with Crippen LogP contribution in [0.3, 0.4) is 0 Å². The number of nitrogens with zero attached hydrogens (tertiary/aromatic N) is 1. The molecule has 8 heteroatoms. The minimum atomic E-state index is -1.16. The van der Waals surface area contributed by atoms with Crippen molar-refractivity contribution in [1.29, 1.82) is 0 Å². The van der Waals surface area contributed by atoms with E-state index in [0.717, 1.165) is 47.5 Å². The molecule has 1 heterocycles. The van der Waals surface area contributed by atoms with Crippen LogP contribution < -0.4 is 10.2 Å². The minimum absolute atomic E-state index is 0.00612. The molecule has 1 saturated carbocycles. The Hall–Kier alpha value is -3.26. The van der Waals surface area contributed by atoms with E-state index in [1.54, 1.807) is 47.4 Å². The smallest absolute Gasteiger partial charge is 0.348 e. The number of anilines is 2. The molecular formula is C29H33FN2O4S. The van der Waals surface area contributed by atoms with Gasteiger partial charge in [0.15, 0.2) is 0 Å². The Bertz CT molecular complexity index is 1220. The number of aromatic carboxylic acids is 1. The lowest BCUT2D eigenvalue weighted by molar-refractivity contribution is -0.124. The third kappa shape index (κ3) is 6.18. The molecule has 1 aromatic heterocycles. The number of nitrogens with one attached hydrogen (secondary N) is 1. The van der Waals surface area contributed by atoms with E-state index in [4.69, 9.17) is 0 Å². The number of halogens is 1. The van der Waals surface area contributed by atoms with E-state index in [9.17, 15) is 23.9 Å². The van der Waals surface area contributed by atoms with Crippen LogP contribution in [0.1, 0.15) is 62.5 Å². The van der Waals surface area contributed by atoms with Gasteiger partial charge in [-0.1, -0.05) is 31.2 Å². The summed E-state index contributed by atoms with van der Waals surface area (Å²) < 4.78 is 13.6. The third-order valence-electron chi connectivity index (χ3n) is 6.99. The van der Waals surface area contributed by atoms with E-state index < -0.39 is 12.1 Å². The first kappa shape index (κ1) is 26.8. The van der Waals surface area contributed by atoms with E-state index in [0.29, 0.717) is 17.3 Å². The van der Waals surface area contributed by atoms with Gasteiger partial charge < -0.3 is 15.3 Å². The van der Waals surface area contributed by atoms with Crippen LogP contribution in [-0.4, -0.2) is 35.1 Å². The number of thiophene rings is 1. The van der Waals surface area contributed by atoms with Gasteiger partial charge in [0.05, 0.1) is 5.69 Å². The molecule has 1 aromatic carbocycles. The van der Waals surface area contributed by atoms with Crippen molar-refractivity contribution in [2.75, 3.05) is 10.2 Å². The van der Waals surface area contributed by atoms with Gasteiger partial charge >= 0.3 is 5.97 Å². The van der Waals surface area contributed by atoms with Crippen molar-refractivity contribution in [2.45, 2.75) is 65.1 Å². The van der Waals surface area contributed by atoms with Crippen LogP contribution in [0.5, 0.6) is 0 Å². The molecule has 2 amide bonds. The van der Waals surface area contributed by atoms with Gasteiger partial charge in [-0.25, -0.2) is 9.18 Å². The molecule has 2 aliphatic rings. The van der Waals surface area contributed by atoms with Gasteiger partial charge in [0.2, 0.25) is 5.91 Å². The van der Waals surface area contributed by atoms with Gasteiger partial charge in [-0.15, -0.1) is 11.3 Å². The van der Waals surface area contributed by atoms with Crippen molar-refractivity contribution in [2.24, 2.45) is 11.8 Å². The highest BCUT2D eigenvalue weighted by Gasteiger charge is 2.33. The zero-order chi connectivity index (χ0) is 26.7. The number of hydrogen-bond donors (Lipinski definition) is 2. The van der Waals surface area contributed by atoms with Gasteiger partial charge in [0.1, 0.15) is 11.0 Å². The van der Waals surface area contributed by atoms with Crippen molar-refractivity contribution >= 4 is 40.5 Å². The average Bonchev–Trinajstić information content (AvgIpc) is 3.30. The van der Waals surface area contributed by atoms with Gasteiger partial charge in [-0.3, -0.25) is 9.59 Å². The lowest BCUT2D eigenvalue weighted by Crippen LogP contribution is -2.42. The number of hydrogen-bond acceptors (Lipinski definition) is 4. The Kier molecular flexibility index (Phi) is 8.27. The number of rotatable bonds is 7. The third-order valence-corrected chi connectivity index (χ3v) is 8.16. The van der Waals surface area contributed by atoms with E-state index in [-0.39, 0.29) is 40.6 Å². The van der Waals surface area contributed by atoms with Crippen molar-refractivity contribution in [3.63, 3.8) is 0 Å². The maximum Gasteiger partial charge on any atom is 0.348 e. The molecule has 2 aromatic rings. The lowest BCUT2D eigenvalue weighted by atomic mass is 9.82. The molecule has 0 aliphatic heterocycles. The number of alkyl halides is 1. The molecule has 0 bridgehead atoms. The molecular weight excluding hydrogens is 491 g/mol. The quantitative estimate of drug-likeness (QED) is 0.415. The summed E-state index contributed by atoms with van der Waals surface area (Å²) >= 11 is 1.13. The van der Waals surface area contributed by atoms with Gasteiger partial charge in [0.25, 0.3) is 5.91 Å². The monoisotopic (exact) mass is 524 g/mol. The first-order valence-corrected chi connectivity index (χ1v) is 13.6. The number of carboxylic acid groups (broad SMARTS) is 1. The second-order valence-corrected chi connectivity index (χ2v) is 11.2. The molecule has 0 spiro atoms. The number of benzene rings is 1. The number of allylic oxidation sites excluding steroid dienone is 2. The number of carboxylic acids is 1. The molecule has 196 valence electrons. The fourth-order valence-electron chi connectivity index (χ4n) is 4.93. The highest BCUT2D eigenvalue weighted by atomic mass is 32.1. The number of amides is 2. The SMILES string of the molecule is CC1CCC(C(=O)N(c2cc(-c3ccc(NC(=O)C4=CC(F)CC=C4)cc3)sc2C(=O)O)C(C)C)CC1. The van der Waals surface area contributed by atoms with Crippen LogP contribution in [-0.2, 0) is 9.59 Å². The average molecular weight is 525 g/mol. The largest absolute Gasteiger partial charge is 0.477 e. The maximum absolute atomic E-state index is 13.6. The van der Waals surface area contributed by atoms with E-state index in [2.05, 4.69) is 12.2 Å². The normalized spacial score (nSPS) is 21.4. The molecule has 2 N–H and O–H groups in total. The first-order valence-electron chi connectivity index (χ1n) is 12.8. The Labute approximate surface area is 220 Å². The predicted molar refractivity (Wildman–Crippen MR) is 146 cm³/mol. The molecule has 37 heavy (non-hydrogen) atoms. The van der Waals surface area contributed by atoms with E-state index in [1.165, 1.54) is 6.08 Å². The fourth-order valence-corrected chi connectivity index (χ4v) is 5.92.